The van der Waals surface area contributed by atoms with Crippen molar-refractivity contribution in [2.75, 3.05) is 0 Å². The van der Waals surface area contributed by atoms with Crippen LogP contribution in [0.25, 0.3) is 0 Å². The SMILES string of the molecule is [C]#Cc1ccc(Br)c(Br)c1Br. The molecule has 0 aliphatic rings. The fourth-order valence-electron chi connectivity index (χ4n) is 0.622. The van der Waals surface area contributed by atoms with Crippen molar-refractivity contribution in [3.05, 3.63) is 37.5 Å². The van der Waals surface area contributed by atoms with Gasteiger partial charge in [0, 0.05) is 19.0 Å². The van der Waals surface area contributed by atoms with Gasteiger partial charge in [0.05, 0.1) is 0 Å². The molecule has 0 aromatic heterocycles. The van der Waals surface area contributed by atoms with Crippen molar-refractivity contribution < 1.29 is 0 Å². The van der Waals surface area contributed by atoms with Crippen LogP contribution in [-0.4, -0.2) is 0 Å². The lowest BCUT2D eigenvalue weighted by molar-refractivity contribution is 1.50. The van der Waals surface area contributed by atoms with Crippen molar-refractivity contribution in [1.82, 2.24) is 0 Å². The maximum Gasteiger partial charge on any atom is 0.0485 e. The topological polar surface area (TPSA) is 0 Å². The fourth-order valence-corrected chi connectivity index (χ4v) is 2.01. The van der Waals surface area contributed by atoms with E-state index in [2.05, 4.69) is 53.7 Å². The summed E-state index contributed by atoms with van der Waals surface area (Å²) < 4.78 is 2.72. The van der Waals surface area contributed by atoms with Gasteiger partial charge in [-0.3, -0.25) is 0 Å². The molecule has 3 heteroatoms. The van der Waals surface area contributed by atoms with Gasteiger partial charge in [0.25, 0.3) is 0 Å². The molecule has 0 saturated heterocycles. The molecule has 0 unspecified atom stereocenters. The Kier molecular flexibility index (Phi) is 3.17. The Bertz CT molecular complexity index is 323. The molecule has 55 valence electrons. The van der Waals surface area contributed by atoms with Crippen LogP contribution < -0.4 is 0 Å². The lowest BCUT2D eigenvalue weighted by Crippen LogP contribution is -1.79. The van der Waals surface area contributed by atoms with Gasteiger partial charge in [-0.25, -0.2) is 0 Å². The highest BCUT2D eigenvalue weighted by atomic mass is 79.9. The molecule has 1 rings (SSSR count). The summed E-state index contributed by atoms with van der Waals surface area (Å²) >= 11 is 10.0. The van der Waals surface area contributed by atoms with E-state index in [-0.39, 0.29) is 0 Å². The van der Waals surface area contributed by atoms with Gasteiger partial charge in [-0.15, -0.1) is 0 Å². The van der Waals surface area contributed by atoms with Crippen LogP contribution in [-0.2, 0) is 0 Å². The van der Waals surface area contributed by atoms with E-state index < -0.39 is 0 Å². The first-order valence-electron chi connectivity index (χ1n) is 2.73. The van der Waals surface area contributed by atoms with Crippen molar-refractivity contribution >= 4 is 47.8 Å². The molecule has 0 saturated carbocycles. The van der Waals surface area contributed by atoms with E-state index in [9.17, 15) is 0 Å². The first-order chi connectivity index (χ1) is 5.16. The minimum atomic E-state index is 0.736. The van der Waals surface area contributed by atoms with Gasteiger partial charge in [0.2, 0.25) is 0 Å². The molecule has 0 fully saturated rings. The number of rotatable bonds is 0. The first-order valence-corrected chi connectivity index (χ1v) is 5.11. The molecular weight excluding hydrogens is 336 g/mol. The summed E-state index contributed by atoms with van der Waals surface area (Å²) in [4.78, 5) is 0. The molecule has 11 heavy (non-hydrogen) atoms. The standard InChI is InChI=1S/C8H2Br3/c1-2-5-3-4-6(9)8(11)7(5)10/h3-4H. The number of halogens is 3. The van der Waals surface area contributed by atoms with E-state index in [1.165, 1.54) is 0 Å². The van der Waals surface area contributed by atoms with Crippen LogP contribution in [0.5, 0.6) is 0 Å². The molecule has 1 aromatic carbocycles. The van der Waals surface area contributed by atoms with Gasteiger partial charge in [-0.05, 0) is 66.3 Å². The van der Waals surface area contributed by atoms with Crippen LogP contribution in [0.3, 0.4) is 0 Å². The number of hydrogen-bond donors (Lipinski definition) is 0. The molecule has 1 radical (unpaired) electrons. The molecule has 0 spiro atoms. The second-order valence-corrected chi connectivity index (χ2v) is 4.29. The van der Waals surface area contributed by atoms with Crippen LogP contribution >= 0.6 is 47.8 Å². The van der Waals surface area contributed by atoms with E-state index in [1.54, 1.807) is 0 Å². The summed E-state index contributed by atoms with van der Waals surface area (Å²) in [5.74, 6) is 2.32. The Morgan fingerprint density at radius 2 is 1.73 bits per heavy atom. The van der Waals surface area contributed by atoms with Crippen LogP contribution in [0.2, 0.25) is 0 Å². The van der Waals surface area contributed by atoms with Gasteiger partial charge in [0.1, 0.15) is 0 Å². The van der Waals surface area contributed by atoms with E-state index in [1.807, 2.05) is 12.1 Å². The highest BCUT2D eigenvalue weighted by Crippen LogP contribution is 2.32. The van der Waals surface area contributed by atoms with Crippen molar-refractivity contribution in [2.24, 2.45) is 0 Å². The second-order valence-electron chi connectivity index (χ2n) is 1.85. The van der Waals surface area contributed by atoms with E-state index in [0.29, 0.717) is 0 Å². The van der Waals surface area contributed by atoms with Gasteiger partial charge < -0.3 is 0 Å². The second kappa shape index (κ2) is 3.75. The summed E-state index contributed by atoms with van der Waals surface area (Å²) in [6.45, 7) is 0. The van der Waals surface area contributed by atoms with E-state index in [0.717, 1.165) is 19.0 Å². The zero-order chi connectivity index (χ0) is 8.43. The molecule has 1 aromatic rings. The Labute approximate surface area is 90.8 Å². The molecule has 0 N–H and O–H groups in total. The zero-order valence-corrected chi connectivity index (χ0v) is 10.0. The summed E-state index contributed by atoms with van der Waals surface area (Å²) in [7, 11) is 0. The number of hydrogen-bond acceptors (Lipinski definition) is 0. The van der Waals surface area contributed by atoms with Crippen molar-refractivity contribution in [1.29, 1.82) is 0 Å². The van der Waals surface area contributed by atoms with Crippen LogP contribution in [0.1, 0.15) is 5.56 Å². The molecular formula is C8H2Br3. The summed E-state index contributed by atoms with van der Waals surface area (Å²) in [6.07, 6.45) is 6.94. The zero-order valence-electron chi connectivity index (χ0n) is 5.29. The smallest absolute Gasteiger partial charge is 0.0485 e. The van der Waals surface area contributed by atoms with Gasteiger partial charge >= 0.3 is 0 Å². The Morgan fingerprint density at radius 3 is 2.27 bits per heavy atom. The minimum Gasteiger partial charge on any atom is -0.0516 e. The average molecular weight is 338 g/mol. The van der Waals surface area contributed by atoms with Crippen LogP contribution in [0.15, 0.2) is 25.6 Å². The van der Waals surface area contributed by atoms with Crippen LogP contribution in [0, 0.1) is 12.3 Å². The first kappa shape index (κ1) is 9.31. The lowest BCUT2D eigenvalue weighted by atomic mass is 10.2. The predicted octanol–water partition coefficient (Wildman–Crippen LogP) is 3.91. The van der Waals surface area contributed by atoms with Crippen LogP contribution in [0.4, 0.5) is 0 Å². The fraction of sp³-hybridized carbons (Fsp3) is 0. The Balaban J connectivity index is 3.40. The van der Waals surface area contributed by atoms with Gasteiger partial charge in [-0.1, -0.05) is 5.92 Å². The third-order valence-corrected chi connectivity index (χ3v) is 4.54. The summed E-state index contributed by atoms with van der Waals surface area (Å²) in [5, 5.41) is 0. The summed E-state index contributed by atoms with van der Waals surface area (Å²) in [6, 6.07) is 3.68. The van der Waals surface area contributed by atoms with Crippen molar-refractivity contribution in [2.45, 2.75) is 0 Å². The van der Waals surface area contributed by atoms with Gasteiger partial charge in [0.15, 0.2) is 0 Å². The van der Waals surface area contributed by atoms with E-state index in [4.69, 9.17) is 6.42 Å². The van der Waals surface area contributed by atoms with Crippen molar-refractivity contribution in [3.8, 4) is 5.92 Å². The minimum absolute atomic E-state index is 0.736. The lowest BCUT2D eigenvalue weighted by Gasteiger charge is -2.00. The third kappa shape index (κ3) is 1.87. The van der Waals surface area contributed by atoms with Crippen molar-refractivity contribution in [3.63, 3.8) is 0 Å². The monoisotopic (exact) mass is 335 g/mol. The Morgan fingerprint density at radius 1 is 1.09 bits per heavy atom. The summed E-state index contributed by atoms with van der Waals surface area (Å²) in [5.41, 5.74) is 0.736. The largest absolute Gasteiger partial charge is 0.0516 e. The normalized spacial score (nSPS) is 9.27. The third-order valence-electron chi connectivity index (χ3n) is 1.17. The van der Waals surface area contributed by atoms with Gasteiger partial charge in [-0.2, -0.15) is 0 Å². The average Bonchev–Trinajstić information content (AvgIpc) is 2.01. The molecule has 0 aliphatic heterocycles. The van der Waals surface area contributed by atoms with E-state index >= 15 is 0 Å². The number of benzene rings is 1. The molecule has 0 aliphatic carbocycles. The highest BCUT2D eigenvalue weighted by Gasteiger charge is 2.04. The molecule has 0 heterocycles. The Hall–Kier alpha value is 0.220. The quantitative estimate of drug-likeness (QED) is 0.497. The molecule has 0 amide bonds. The maximum atomic E-state index is 6.94. The molecule has 0 nitrogen and oxygen atoms in total. The predicted molar refractivity (Wildman–Crippen MR) is 55.8 cm³/mol. The molecule has 0 atom stereocenters. The molecule has 0 bridgehead atoms. The highest BCUT2D eigenvalue weighted by molar-refractivity contribution is 9.14. The maximum absolute atomic E-state index is 6.94.